The molecule has 0 fully saturated rings. The van der Waals surface area contributed by atoms with Crippen molar-refractivity contribution in [2.75, 3.05) is 6.61 Å². The Kier molecular flexibility index (Phi) is 5.59. The predicted molar refractivity (Wildman–Crippen MR) is 65.8 cm³/mol. The van der Waals surface area contributed by atoms with Crippen LogP contribution in [0, 0.1) is 5.82 Å². The fraction of sp³-hybridized carbons (Fsp3) is 0.462. The molecule has 2 nitrogen and oxygen atoms in total. The Morgan fingerprint density at radius 1 is 1.47 bits per heavy atom. The maximum atomic E-state index is 13.4. The van der Waals surface area contributed by atoms with Crippen LogP contribution in [0.25, 0.3) is 0 Å². The molecule has 0 radical (unpaired) electrons. The first kappa shape index (κ1) is 14.1. The normalized spacial score (nSPS) is 10.9. The summed E-state index contributed by atoms with van der Waals surface area (Å²) in [6, 6.07) is 4.41. The van der Waals surface area contributed by atoms with Crippen LogP contribution in [-0.4, -0.2) is 18.5 Å². The smallest absolute Gasteiger partial charge is 0.139 e. The van der Waals surface area contributed by atoms with Crippen molar-refractivity contribution >= 4 is 17.4 Å². The standard InChI is InChI=1S/C13H16ClFO2/c1-9(2)17-7-6-10(16)8-11-12(14)4-3-5-13(11)15/h3-5,9H,6-8H2,1-2H3. The summed E-state index contributed by atoms with van der Waals surface area (Å²) in [6.45, 7) is 4.17. The highest BCUT2D eigenvalue weighted by Gasteiger charge is 2.11. The summed E-state index contributed by atoms with van der Waals surface area (Å²) in [6.07, 6.45) is 0.398. The van der Waals surface area contributed by atoms with Crippen LogP contribution in [0.3, 0.4) is 0 Å². The molecule has 4 heteroatoms. The third kappa shape index (κ3) is 4.84. The third-order valence-corrected chi connectivity index (χ3v) is 2.62. The first-order chi connectivity index (χ1) is 8.00. The molecule has 0 bridgehead atoms. The van der Waals surface area contributed by atoms with Gasteiger partial charge in [-0.1, -0.05) is 17.7 Å². The van der Waals surface area contributed by atoms with Gasteiger partial charge in [-0.3, -0.25) is 4.79 Å². The Balaban J connectivity index is 2.51. The fourth-order valence-electron chi connectivity index (χ4n) is 1.40. The minimum absolute atomic E-state index is 0.0208. The van der Waals surface area contributed by atoms with Crippen LogP contribution < -0.4 is 0 Å². The van der Waals surface area contributed by atoms with Crippen LogP contribution in [0.4, 0.5) is 4.39 Å². The molecule has 1 rings (SSSR count). The highest BCUT2D eigenvalue weighted by atomic mass is 35.5. The van der Waals surface area contributed by atoms with E-state index >= 15 is 0 Å². The first-order valence-corrected chi connectivity index (χ1v) is 5.94. The van der Waals surface area contributed by atoms with Crippen LogP contribution in [-0.2, 0) is 16.0 Å². The van der Waals surface area contributed by atoms with Gasteiger partial charge in [-0.15, -0.1) is 0 Å². The summed E-state index contributed by atoms with van der Waals surface area (Å²) < 4.78 is 18.7. The molecule has 0 N–H and O–H groups in total. The Morgan fingerprint density at radius 2 is 2.18 bits per heavy atom. The summed E-state index contributed by atoms with van der Waals surface area (Å²) in [7, 11) is 0. The molecule has 1 aromatic rings. The Morgan fingerprint density at radius 3 is 2.76 bits per heavy atom. The highest BCUT2D eigenvalue weighted by molar-refractivity contribution is 6.31. The molecule has 0 atom stereocenters. The van der Waals surface area contributed by atoms with Gasteiger partial charge in [0.2, 0.25) is 0 Å². The Bertz CT molecular complexity index is 371. The van der Waals surface area contributed by atoms with E-state index in [1.807, 2.05) is 13.8 Å². The van der Waals surface area contributed by atoms with E-state index in [0.717, 1.165) is 0 Å². The van der Waals surface area contributed by atoms with Gasteiger partial charge in [0, 0.05) is 23.4 Å². The van der Waals surface area contributed by atoms with Crippen molar-refractivity contribution in [3.05, 3.63) is 34.6 Å². The Labute approximate surface area is 106 Å². The zero-order valence-electron chi connectivity index (χ0n) is 10.0. The summed E-state index contributed by atoms with van der Waals surface area (Å²) in [5, 5.41) is 0.295. The quantitative estimate of drug-likeness (QED) is 0.782. The lowest BCUT2D eigenvalue weighted by Crippen LogP contribution is -2.11. The highest BCUT2D eigenvalue weighted by Crippen LogP contribution is 2.19. The number of carbonyl (C=O) groups is 1. The Hall–Kier alpha value is -0.930. The average molecular weight is 259 g/mol. The lowest BCUT2D eigenvalue weighted by molar-refractivity contribution is -0.119. The van der Waals surface area contributed by atoms with Gasteiger partial charge in [0.15, 0.2) is 0 Å². The number of hydrogen-bond donors (Lipinski definition) is 0. The molecule has 0 amide bonds. The molecule has 17 heavy (non-hydrogen) atoms. The zero-order valence-corrected chi connectivity index (χ0v) is 10.8. The molecule has 0 spiro atoms. The SMILES string of the molecule is CC(C)OCCC(=O)Cc1c(F)cccc1Cl. The predicted octanol–water partition coefficient (Wildman–Crippen LogP) is 3.41. The molecule has 94 valence electrons. The van der Waals surface area contributed by atoms with Crippen LogP contribution in [0.1, 0.15) is 25.8 Å². The monoisotopic (exact) mass is 258 g/mol. The third-order valence-electron chi connectivity index (χ3n) is 2.27. The van der Waals surface area contributed by atoms with Crippen LogP contribution in [0.5, 0.6) is 0 Å². The van der Waals surface area contributed by atoms with Crippen molar-refractivity contribution < 1.29 is 13.9 Å². The maximum Gasteiger partial charge on any atom is 0.139 e. The number of rotatable bonds is 6. The van der Waals surface area contributed by atoms with Crippen molar-refractivity contribution in [3.8, 4) is 0 Å². The minimum Gasteiger partial charge on any atom is -0.378 e. The van der Waals surface area contributed by atoms with Gasteiger partial charge >= 0.3 is 0 Å². The number of Topliss-reactive ketones (excluding diaryl/α,β-unsaturated/α-hetero) is 1. The molecule has 0 aliphatic rings. The van der Waals surface area contributed by atoms with E-state index in [2.05, 4.69) is 0 Å². The molecule has 1 aromatic carbocycles. The fourth-order valence-corrected chi connectivity index (χ4v) is 1.63. The van der Waals surface area contributed by atoms with E-state index in [0.29, 0.717) is 11.6 Å². The molecule has 0 heterocycles. The lowest BCUT2D eigenvalue weighted by Gasteiger charge is -2.08. The summed E-state index contributed by atoms with van der Waals surface area (Å²) in [5.74, 6) is -0.506. The second-order valence-electron chi connectivity index (χ2n) is 4.09. The molecule has 0 unspecified atom stereocenters. The second kappa shape index (κ2) is 6.72. The van der Waals surface area contributed by atoms with Gasteiger partial charge in [0.25, 0.3) is 0 Å². The topological polar surface area (TPSA) is 26.3 Å². The number of benzene rings is 1. The van der Waals surface area contributed by atoms with Gasteiger partial charge in [0.05, 0.1) is 12.7 Å². The van der Waals surface area contributed by atoms with Gasteiger partial charge < -0.3 is 4.74 Å². The van der Waals surface area contributed by atoms with Gasteiger partial charge in [0.1, 0.15) is 11.6 Å². The number of ether oxygens (including phenoxy) is 1. The number of ketones is 1. The van der Waals surface area contributed by atoms with E-state index in [1.165, 1.54) is 12.1 Å². The number of carbonyl (C=O) groups excluding carboxylic acids is 1. The molecular weight excluding hydrogens is 243 g/mol. The van der Waals surface area contributed by atoms with Crippen molar-refractivity contribution in [1.29, 1.82) is 0 Å². The largest absolute Gasteiger partial charge is 0.378 e. The van der Waals surface area contributed by atoms with E-state index in [9.17, 15) is 9.18 Å². The van der Waals surface area contributed by atoms with E-state index < -0.39 is 5.82 Å². The van der Waals surface area contributed by atoms with E-state index in [4.69, 9.17) is 16.3 Å². The lowest BCUT2D eigenvalue weighted by atomic mass is 10.1. The molecule has 0 aromatic heterocycles. The second-order valence-corrected chi connectivity index (χ2v) is 4.49. The van der Waals surface area contributed by atoms with E-state index in [-0.39, 0.29) is 30.3 Å². The van der Waals surface area contributed by atoms with Gasteiger partial charge in [-0.25, -0.2) is 4.39 Å². The van der Waals surface area contributed by atoms with Crippen molar-refractivity contribution in [3.63, 3.8) is 0 Å². The van der Waals surface area contributed by atoms with E-state index in [1.54, 1.807) is 6.07 Å². The van der Waals surface area contributed by atoms with Crippen molar-refractivity contribution in [1.82, 2.24) is 0 Å². The summed E-state index contributed by atoms with van der Waals surface area (Å²) in [5.41, 5.74) is 0.267. The van der Waals surface area contributed by atoms with Crippen LogP contribution >= 0.6 is 11.6 Å². The maximum absolute atomic E-state index is 13.4. The molecule has 0 aliphatic carbocycles. The summed E-state index contributed by atoms with van der Waals surface area (Å²) in [4.78, 5) is 11.6. The zero-order chi connectivity index (χ0) is 12.8. The van der Waals surface area contributed by atoms with Crippen molar-refractivity contribution in [2.24, 2.45) is 0 Å². The molecule has 0 saturated carbocycles. The van der Waals surface area contributed by atoms with Gasteiger partial charge in [-0.2, -0.15) is 0 Å². The minimum atomic E-state index is -0.435. The first-order valence-electron chi connectivity index (χ1n) is 5.57. The molecule has 0 saturated heterocycles. The molecule has 0 aliphatic heterocycles. The summed E-state index contributed by atoms with van der Waals surface area (Å²) >= 11 is 5.83. The average Bonchev–Trinajstić information content (AvgIpc) is 2.23. The van der Waals surface area contributed by atoms with Crippen LogP contribution in [0.2, 0.25) is 5.02 Å². The van der Waals surface area contributed by atoms with Crippen molar-refractivity contribution in [2.45, 2.75) is 32.8 Å². The molecular formula is C13H16ClFO2. The number of halogens is 2. The number of hydrogen-bond acceptors (Lipinski definition) is 2. The van der Waals surface area contributed by atoms with Gasteiger partial charge in [-0.05, 0) is 26.0 Å². The van der Waals surface area contributed by atoms with Crippen LogP contribution in [0.15, 0.2) is 18.2 Å².